The Kier molecular flexibility index (Phi) is 11.2. The molecule has 0 aliphatic heterocycles. The van der Waals surface area contributed by atoms with Crippen molar-refractivity contribution < 1.29 is 27.8 Å². The van der Waals surface area contributed by atoms with Gasteiger partial charge in [-0.3, -0.25) is 4.79 Å². The lowest BCUT2D eigenvalue weighted by Crippen LogP contribution is -2.23. The van der Waals surface area contributed by atoms with Crippen LogP contribution in [-0.2, 0) is 28.7 Å². The van der Waals surface area contributed by atoms with E-state index in [0.29, 0.717) is 48.9 Å². The Morgan fingerprint density at radius 1 is 1.14 bits per heavy atom. The van der Waals surface area contributed by atoms with Crippen molar-refractivity contribution in [1.82, 2.24) is 15.5 Å². The van der Waals surface area contributed by atoms with Gasteiger partial charge in [-0.05, 0) is 49.4 Å². The number of anilines is 1. The van der Waals surface area contributed by atoms with Gasteiger partial charge in [-0.2, -0.15) is 13.2 Å². The summed E-state index contributed by atoms with van der Waals surface area (Å²) in [5, 5.41) is 25.2. The molecule has 0 aliphatic carbocycles. The third kappa shape index (κ3) is 8.09. The molecule has 2 rings (SSSR count). The lowest BCUT2D eigenvalue weighted by atomic mass is 9.95. The summed E-state index contributed by atoms with van der Waals surface area (Å²) in [4.78, 5) is 11.1. The quantitative estimate of drug-likeness (QED) is 0.224. The molecule has 0 fully saturated rings. The number of phenolic OH excluding ortho intramolecular Hbond substituents is 1. The number of aromatic hydroxyl groups is 1. The molecular weight excluding hydrogens is 461 g/mol. The normalized spacial score (nSPS) is 12.4. The first kappa shape index (κ1) is 28.4. The van der Waals surface area contributed by atoms with Crippen LogP contribution in [0.25, 0.3) is 11.3 Å². The van der Waals surface area contributed by atoms with Crippen LogP contribution in [-0.4, -0.2) is 41.5 Å². The topological polar surface area (TPSA) is 96.4 Å². The van der Waals surface area contributed by atoms with Gasteiger partial charge >= 0.3 is 6.18 Å². The molecule has 0 saturated carbocycles. The number of hydrogen-bond donors (Lipinski definition) is 3. The Morgan fingerprint density at radius 3 is 2.51 bits per heavy atom. The van der Waals surface area contributed by atoms with Crippen molar-refractivity contribution in [3.63, 3.8) is 0 Å². The van der Waals surface area contributed by atoms with Gasteiger partial charge in [-0.15, -0.1) is 10.2 Å². The van der Waals surface area contributed by atoms with Gasteiger partial charge in [0.2, 0.25) is 6.41 Å². The SMILES string of the molecule is CCCCCC(CC)Nc1nnc(-c2ccc(C(F)(F)F)cc2O)c(CCCOC)c1CNC=O. The summed E-state index contributed by atoms with van der Waals surface area (Å²) < 4.78 is 44.5. The van der Waals surface area contributed by atoms with Crippen LogP contribution < -0.4 is 10.6 Å². The van der Waals surface area contributed by atoms with Gasteiger partial charge in [0.15, 0.2) is 5.82 Å². The highest BCUT2D eigenvalue weighted by Gasteiger charge is 2.31. The molecule has 2 aromatic rings. The Balaban J connectivity index is 2.57. The van der Waals surface area contributed by atoms with Gasteiger partial charge in [0, 0.05) is 37.4 Å². The highest BCUT2D eigenvalue weighted by molar-refractivity contribution is 5.73. The van der Waals surface area contributed by atoms with E-state index in [0.717, 1.165) is 38.2 Å². The fourth-order valence-corrected chi connectivity index (χ4v) is 3.96. The summed E-state index contributed by atoms with van der Waals surface area (Å²) >= 11 is 0. The number of rotatable bonds is 15. The van der Waals surface area contributed by atoms with E-state index < -0.39 is 17.5 Å². The largest absolute Gasteiger partial charge is 0.507 e. The summed E-state index contributed by atoms with van der Waals surface area (Å²) in [5.74, 6) is -0.0200. The number of ether oxygens (including phenoxy) is 1. The van der Waals surface area contributed by atoms with Gasteiger partial charge in [-0.25, -0.2) is 0 Å². The Bertz CT molecular complexity index is 954. The molecule has 1 atom stereocenters. The van der Waals surface area contributed by atoms with Gasteiger partial charge in [0.05, 0.1) is 5.56 Å². The van der Waals surface area contributed by atoms with Gasteiger partial charge in [-0.1, -0.05) is 33.1 Å². The number of carbonyl (C=O) groups is 1. The lowest BCUT2D eigenvalue weighted by Gasteiger charge is -2.22. The Morgan fingerprint density at radius 2 is 1.91 bits per heavy atom. The second-order valence-corrected chi connectivity index (χ2v) is 8.42. The number of aromatic nitrogens is 2. The highest BCUT2D eigenvalue weighted by Crippen LogP contribution is 2.38. The highest BCUT2D eigenvalue weighted by atomic mass is 19.4. The minimum atomic E-state index is -4.58. The van der Waals surface area contributed by atoms with E-state index in [1.165, 1.54) is 6.07 Å². The molecule has 7 nitrogen and oxygen atoms in total. The molecule has 0 radical (unpaired) electrons. The van der Waals surface area contributed by atoms with Crippen molar-refractivity contribution in [2.24, 2.45) is 0 Å². The summed E-state index contributed by atoms with van der Waals surface area (Å²) in [6, 6.07) is 2.95. The molecule has 1 aromatic heterocycles. The predicted octanol–water partition coefficient (Wildman–Crippen LogP) is 5.46. The maximum Gasteiger partial charge on any atom is 0.416 e. The van der Waals surface area contributed by atoms with Crippen LogP contribution >= 0.6 is 0 Å². The van der Waals surface area contributed by atoms with Gasteiger partial charge in [0.25, 0.3) is 0 Å². The number of nitrogens with one attached hydrogen (secondary N) is 2. The maximum absolute atomic E-state index is 13.1. The number of unbranched alkanes of at least 4 members (excludes halogenated alkanes) is 2. The molecule has 1 amide bonds. The van der Waals surface area contributed by atoms with Crippen molar-refractivity contribution in [1.29, 1.82) is 0 Å². The molecular formula is C25H35F3N4O3. The summed E-state index contributed by atoms with van der Waals surface area (Å²) in [5.41, 5.74) is 0.844. The summed E-state index contributed by atoms with van der Waals surface area (Å²) in [7, 11) is 1.58. The van der Waals surface area contributed by atoms with Gasteiger partial charge < -0.3 is 20.5 Å². The van der Waals surface area contributed by atoms with Gasteiger partial charge in [0.1, 0.15) is 11.4 Å². The minimum absolute atomic E-state index is 0.145. The van der Waals surface area contributed by atoms with Crippen molar-refractivity contribution in [2.75, 3.05) is 19.0 Å². The van der Waals surface area contributed by atoms with E-state index in [-0.39, 0.29) is 23.8 Å². The molecule has 1 aromatic carbocycles. The first-order valence-corrected chi connectivity index (χ1v) is 12.0. The van der Waals surface area contributed by atoms with Crippen LogP contribution in [0.5, 0.6) is 5.75 Å². The average molecular weight is 497 g/mol. The fourth-order valence-electron chi connectivity index (χ4n) is 3.96. The molecule has 194 valence electrons. The van der Waals surface area contributed by atoms with Crippen LogP contribution in [0.4, 0.5) is 19.0 Å². The number of halogens is 3. The number of methoxy groups -OCH3 is 1. The third-order valence-electron chi connectivity index (χ3n) is 5.89. The van der Waals surface area contributed by atoms with Crippen molar-refractivity contribution in [3.05, 3.63) is 34.9 Å². The zero-order valence-corrected chi connectivity index (χ0v) is 20.5. The summed E-state index contributed by atoms with van der Waals surface area (Å²) in [6.07, 6.45) is 2.19. The molecule has 0 bridgehead atoms. The van der Waals surface area contributed by atoms with E-state index in [9.17, 15) is 23.1 Å². The molecule has 1 heterocycles. The number of amides is 1. The van der Waals surface area contributed by atoms with Crippen LogP contribution in [0.3, 0.4) is 0 Å². The van der Waals surface area contributed by atoms with Crippen molar-refractivity contribution in [3.8, 4) is 17.0 Å². The molecule has 0 aliphatic rings. The van der Waals surface area contributed by atoms with Crippen LogP contribution in [0.1, 0.15) is 69.1 Å². The number of nitrogens with zero attached hydrogens (tertiary/aromatic N) is 2. The monoisotopic (exact) mass is 496 g/mol. The maximum atomic E-state index is 13.1. The second-order valence-electron chi connectivity index (χ2n) is 8.42. The molecule has 10 heteroatoms. The zero-order valence-electron chi connectivity index (χ0n) is 20.5. The first-order chi connectivity index (χ1) is 16.8. The third-order valence-corrected chi connectivity index (χ3v) is 5.89. The molecule has 3 N–H and O–H groups in total. The predicted molar refractivity (Wildman–Crippen MR) is 129 cm³/mol. The van der Waals surface area contributed by atoms with Crippen molar-refractivity contribution in [2.45, 2.75) is 77.6 Å². The molecule has 1 unspecified atom stereocenters. The van der Waals surface area contributed by atoms with E-state index in [4.69, 9.17) is 4.74 Å². The Labute approximate surface area is 204 Å². The fraction of sp³-hybridized carbons (Fsp3) is 0.560. The summed E-state index contributed by atoms with van der Waals surface area (Å²) in [6.45, 7) is 4.83. The van der Waals surface area contributed by atoms with Crippen LogP contribution in [0.2, 0.25) is 0 Å². The average Bonchev–Trinajstić information content (AvgIpc) is 2.82. The first-order valence-electron chi connectivity index (χ1n) is 12.0. The molecule has 35 heavy (non-hydrogen) atoms. The van der Waals surface area contributed by atoms with E-state index in [1.54, 1.807) is 7.11 Å². The zero-order chi connectivity index (χ0) is 25.8. The van der Waals surface area contributed by atoms with Crippen molar-refractivity contribution >= 4 is 12.2 Å². The van der Waals surface area contributed by atoms with Crippen LogP contribution in [0.15, 0.2) is 18.2 Å². The van der Waals surface area contributed by atoms with E-state index in [2.05, 4.69) is 34.7 Å². The number of carbonyl (C=O) groups excluding carboxylic acids is 1. The number of hydrogen-bond acceptors (Lipinski definition) is 6. The lowest BCUT2D eigenvalue weighted by molar-refractivity contribution is -0.137. The van der Waals surface area contributed by atoms with Crippen LogP contribution in [0, 0.1) is 0 Å². The number of phenols is 1. The number of alkyl halides is 3. The minimum Gasteiger partial charge on any atom is -0.507 e. The van der Waals surface area contributed by atoms with E-state index in [1.807, 2.05) is 0 Å². The standard InChI is InChI=1S/C25H35F3N4O3/c1-4-6-7-9-18(5-2)30-24-21(15-29-16-33)19(10-8-13-35-3)23(31-32-24)20-12-11-17(14-22(20)34)25(26,27)28/h11-12,14,16,18,34H,4-10,13,15H2,1-3H3,(H,29,33)(H,30,32). The second kappa shape index (κ2) is 13.9. The molecule has 0 spiro atoms. The van der Waals surface area contributed by atoms with E-state index >= 15 is 0 Å². The Hall–Kier alpha value is -2.88. The molecule has 0 saturated heterocycles. The number of benzene rings is 1. The smallest absolute Gasteiger partial charge is 0.416 e.